The number of hydrogen-bond acceptors (Lipinski definition) is 5. The zero-order valence-electron chi connectivity index (χ0n) is 11.1. The second kappa shape index (κ2) is 5.08. The maximum atomic E-state index is 11.2. The summed E-state index contributed by atoms with van der Waals surface area (Å²) in [5, 5.41) is 22.8. The van der Waals surface area contributed by atoms with Gasteiger partial charge in [-0.15, -0.1) is 16.4 Å². The second-order valence-electron chi connectivity index (χ2n) is 4.98. The monoisotopic (exact) mass is 280 g/mol. The summed E-state index contributed by atoms with van der Waals surface area (Å²) in [6.07, 6.45) is 0.897. The number of aryl methyl sites for hydroxylation is 1. The third kappa shape index (κ3) is 2.65. The second-order valence-corrected chi connectivity index (χ2v) is 5.89. The van der Waals surface area contributed by atoms with Crippen LogP contribution in [-0.2, 0) is 17.8 Å². The highest BCUT2D eigenvalue weighted by Gasteiger charge is 2.30. The highest BCUT2D eigenvalue weighted by Crippen LogP contribution is 2.29. The van der Waals surface area contributed by atoms with Gasteiger partial charge < -0.3 is 5.11 Å². The molecule has 0 aliphatic carbocycles. The van der Waals surface area contributed by atoms with E-state index < -0.39 is 11.4 Å². The van der Waals surface area contributed by atoms with E-state index in [2.05, 4.69) is 22.4 Å². The Morgan fingerprint density at radius 3 is 2.89 bits per heavy atom. The van der Waals surface area contributed by atoms with Crippen LogP contribution in [0.15, 0.2) is 11.4 Å². The van der Waals surface area contributed by atoms with Crippen LogP contribution in [0.2, 0.25) is 0 Å². The molecule has 0 aliphatic rings. The van der Waals surface area contributed by atoms with E-state index in [1.807, 2.05) is 11.4 Å². The highest BCUT2D eigenvalue weighted by atomic mass is 32.1. The standard InChI is InChI=1S/C12H16N4O2S/c1-4-8-5-6-19-9(8)10-13-14-15-16(10)7-12(2,3)11(17)18/h5-6H,4,7H2,1-3H3,(H,17,18). The van der Waals surface area contributed by atoms with Crippen molar-refractivity contribution >= 4 is 17.3 Å². The first-order valence-electron chi connectivity index (χ1n) is 6.02. The first-order chi connectivity index (χ1) is 8.95. The molecule has 0 saturated heterocycles. The zero-order valence-corrected chi connectivity index (χ0v) is 11.9. The Kier molecular flexibility index (Phi) is 3.66. The van der Waals surface area contributed by atoms with Crippen molar-refractivity contribution in [2.75, 3.05) is 0 Å². The maximum absolute atomic E-state index is 11.2. The molecule has 0 atom stereocenters. The molecule has 0 bridgehead atoms. The van der Waals surface area contributed by atoms with Gasteiger partial charge in [0.05, 0.1) is 16.8 Å². The van der Waals surface area contributed by atoms with Gasteiger partial charge in [-0.2, -0.15) is 0 Å². The molecule has 0 fully saturated rings. The van der Waals surface area contributed by atoms with Gasteiger partial charge in [0.2, 0.25) is 0 Å². The molecule has 0 spiro atoms. The number of thiophene rings is 1. The van der Waals surface area contributed by atoms with Crippen LogP contribution in [0.3, 0.4) is 0 Å². The van der Waals surface area contributed by atoms with Crippen LogP contribution in [-0.4, -0.2) is 31.3 Å². The van der Waals surface area contributed by atoms with Crippen molar-refractivity contribution in [2.24, 2.45) is 5.41 Å². The van der Waals surface area contributed by atoms with Crippen molar-refractivity contribution in [2.45, 2.75) is 33.7 Å². The molecule has 0 saturated carbocycles. The quantitative estimate of drug-likeness (QED) is 0.906. The van der Waals surface area contributed by atoms with Crippen LogP contribution in [0, 0.1) is 5.41 Å². The Morgan fingerprint density at radius 2 is 2.26 bits per heavy atom. The average molecular weight is 280 g/mol. The fourth-order valence-corrected chi connectivity index (χ4v) is 2.71. The highest BCUT2D eigenvalue weighted by molar-refractivity contribution is 7.13. The van der Waals surface area contributed by atoms with Crippen molar-refractivity contribution in [3.63, 3.8) is 0 Å². The molecule has 0 unspecified atom stereocenters. The maximum Gasteiger partial charge on any atom is 0.310 e. The third-order valence-corrected chi connectivity index (χ3v) is 3.94. The van der Waals surface area contributed by atoms with E-state index in [4.69, 9.17) is 0 Å². The van der Waals surface area contributed by atoms with Crippen LogP contribution in [0.5, 0.6) is 0 Å². The summed E-state index contributed by atoms with van der Waals surface area (Å²) < 4.78 is 1.57. The van der Waals surface area contributed by atoms with Gasteiger partial charge in [0.1, 0.15) is 0 Å². The number of carboxylic acids is 1. The number of rotatable bonds is 5. The largest absolute Gasteiger partial charge is 0.481 e. The fourth-order valence-electron chi connectivity index (χ4n) is 1.73. The summed E-state index contributed by atoms with van der Waals surface area (Å²) in [7, 11) is 0. The van der Waals surface area contributed by atoms with E-state index in [9.17, 15) is 9.90 Å². The summed E-state index contributed by atoms with van der Waals surface area (Å²) in [6, 6.07) is 2.04. The van der Waals surface area contributed by atoms with E-state index in [1.165, 1.54) is 5.56 Å². The van der Waals surface area contributed by atoms with E-state index in [0.29, 0.717) is 5.82 Å². The number of carbonyl (C=O) groups is 1. The van der Waals surface area contributed by atoms with E-state index in [1.54, 1.807) is 29.9 Å². The Hall–Kier alpha value is -1.76. The first kappa shape index (κ1) is 13.7. The summed E-state index contributed by atoms with van der Waals surface area (Å²) >= 11 is 1.57. The van der Waals surface area contributed by atoms with Crippen molar-refractivity contribution in [1.82, 2.24) is 20.2 Å². The van der Waals surface area contributed by atoms with Crippen molar-refractivity contribution in [1.29, 1.82) is 0 Å². The van der Waals surface area contributed by atoms with Gasteiger partial charge in [0.25, 0.3) is 0 Å². The Bertz CT molecular complexity index is 588. The molecule has 2 aromatic rings. The van der Waals surface area contributed by atoms with Crippen LogP contribution in [0.1, 0.15) is 26.3 Å². The average Bonchev–Trinajstić information content (AvgIpc) is 2.95. The van der Waals surface area contributed by atoms with E-state index in [0.717, 1.165) is 11.3 Å². The van der Waals surface area contributed by atoms with Crippen LogP contribution >= 0.6 is 11.3 Å². The third-order valence-electron chi connectivity index (χ3n) is 2.99. The summed E-state index contributed by atoms with van der Waals surface area (Å²) in [6.45, 7) is 5.64. The molecule has 2 rings (SSSR count). The van der Waals surface area contributed by atoms with Gasteiger partial charge in [-0.1, -0.05) is 6.92 Å². The van der Waals surface area contributed by atoms with Crippen LogP contribution in [0.4, 0.5) is 0 Å². The Balaban J connectivity index is 2.36. The van der Waals surface area contributed by atoms with Gasteiger partial charge in [-0.3, -0.25) is 4.79 Å². The van der Waals surface area contributed by atoms with Gasteiger partial charge in [0, 0.05) is 0 Å². The molecule has 0 radical (unpaired) electrons. The van der Waals surface area contributed by atoms with Gasteiger partial charge >= 0.3 is 5.97 Å². The predicted molar refractivity (Wildman–Crippen MR) is 71.9 cm³/mol. The van der Waals surface area contributed by atoms with Gasteiger partial charge in [0.15, 0.2) is 5.82 Å². The zero-order chi connectivity index (χ0) is 14.0. The smallest absolute Gasteiger partial charge is 0.310 e. The van der Waals surface area contributed by atoms with Crippen molar-refractivity contribution < 1.29 is 9.90 Å². The van der Waals surface area contributed by atoms with Crippen molar-refractivity contribution in [3.8, 4) is 10.7 Å². The van der Waals surface area contributed by atoms with E-state index in [-0.39, 0.29) is 6.54 Å². The number of tetrazole rings is 1. The topological polar surface area (TPSA) is 80.9 Å². The van der Waals surface area contributed by atoms with Crippen molar-refractivity contribution in [3.05, 3.63) is 17.0 Å². The minimum Gasteiger partial charge on any atom is -0.481 e. The lowest BCUT2D eigenvalue weighted by Crippen LogP contribution is -2.30. The Labute approximate surface area is 115 Å². The minimum absolute atomic E-state index is 0.242. The number of aliphatic carboxylic acids is 1. The lowest BCUT2D eigenvalue weighted by atomic mass is 9.94. The molecular formula is C12H16N4O2S. The molecule has 0 amide bonds. The number of aromatic nitrogens is 4. The molecule has 102 valence electrons. The Morgan fingerprint density at radius 1 is 1.53 bits per heavy atom. The molecule has 2 aromatic heterocycles. The van der Waals surface area contributed by atoms with Gasteiger partial charge in [-0.05, 0) is 47.7 Å². The van der Waals surface area contributed by atoms with Crippen LogP contribution in [0.25, 0.3) is 10.7 Å². The summed E-state index contributed by atoms with van der Waals surface area (Å²) in [4.78, 5) is 12.2. The molecular weight excluding hydrogens is 264 g/mol. The SMILES string of the molecule is CCc1ccsc1-c1nnnn1CC(C)(C)C(=O)O. The minimum atomic E-state index is -0.909. The van der Waals surface area contributed by atoms with Gasteiger partial charge in [-0.25, -0.2) is 4.68 Å². The molecule has 0 aromatic carbocycles. The first-order valence-corrected chi connectivity index (χ1v) is 6.90. The molecule has 1 N–H and O–H groups in total. The lowest BCUT2D eigenvalue weighted by molar-refractivity contribution is -0.147. The lowest BCUT2D eigenvalue weighted by Gasteiger charge is -2.19. The summed E-state index contributed by atoms with van der Waals surface area (Å²) in [5.41, 5.74) is 0.266. The van der Waals surface area contributed by atoms with E-state index >= 15 is 0 Å². The number of nitrogens with zero attached hydrogens (tertiary/aromatic N) is 4. The molecule has 7 heteroatoms. The normalized spacial score (nSPS) is 11.7. The number of hydrogen-bond donors (Lipinski definition) is 1. The molecule has 19 heavy (non-hydrogen) atoms. The number of carboxylic acid groups (broad SMARTS) is 1. The van der Waals surface area contributed by atoms with Crippen LogP contribution < -0.4 is 0 Å². The summed E-state index contributed by atoms with van der Waals surface area (Å²) in [5.74, 6) is -0.225. The fraction of sp³-hybridized carbons (Fsp3) is 0.500. The predicted octanol–water partition coefficient (Wildman–Crippen LogP) is 2.07. The molecule has 2 heterocycles. The molecule has 0 aliphatic heterocycles. The molecule has 6 nitrogen and oxygen atoms in total.